The van der Waals surface area contributed by atoms with Crippen LogP contribution in [0.4, 0.5) is 0 Å². The van der Waals surface area contributed by atoms with E-state index in [4.69, 9.17) is 4.74 Å². The van der Waals surface area contributed by atoms with Crippen molar-refractivity contribution in [2.24, 2.45) is 0 Å². The molecule has 4 nitrogen and oxygen atoms in total. The lowest BCUT2D eigenvalue weighted by atomic mass is 10.1. The Bertz CT molecular complexity index is 379. The number of ether oxygens (including phenoxy) is 1. The molecule has 0 amide bonds. The zero-order valence-corrected chi connectivity index (χ0v) is 10.8. The molecule has 0 bridgehead atoms. The van der Waals surface area contributed by atoms with E-state index in [2.05, 4.69) is 16.0 Å². The molecule has 0 aromatic carbocycles. The van der Waals surface area contributed by atoms with Crippen LogP contribution in [0.5, 0.6) is 0 Å². The lowest BCUT2D eigenvalue weighted by Crippen LogP contribution is -2.27. The second kappa shape index (κ2) is 5.41. The van der Waals surface area contributed by atoms with Gasteiger partial charge in [0.05, 0.1) is 23.9 Å². The summed E-state index contributed by atoms with van der Waals surface area (Å²) in [6.45, 7) is 0.790. The summed E-state index contributed by atoms with van der Waals surface area (Å²) in [5.41, 5.74) is 0.991. The maximum Gasteiger partial charge on any atom is 0.0857 e. The molecule has 1 saturated heterocycles. The molecule has 2 aliphatic rings. The molecule has 1 aliphatic heterocycles. The molecule has 2 heterocycles. The zero-order valence-electron chi connectivity index (χ0n) is 10.8. The van der Waals surface area contributed by atoms with Crippen LogP contribution in [-0.4, -0.2) is 33.7 Å². The Balaban J connectivity index is 1.58. The van der Waals surface area contributed by atoms with Crippen molar-refractivity contribution in [2.75, 3.05) is 6.61 Å². The fourth-order valence-corrected chi connectivity index (χ4v) is 3.11. The molecule has 1 saturated carbocycles. The van der Waals surface area contributed by atoms with Gasteiger partial charge in [-0.15, -0.1) is 0 Å². The minimum Gasteiger partial charge on any atom is -0.390 e. The summed E-state index contributed by atoms with van der Waals surface area (Å²) >= 11 is 0. The minimum absolute atomic E-state index is 0.0154. The van der Waals surface area contributed by atoms with Crippen LogP contribution in [0.3, 0.4) is 0 Å². The van der Waals surface area contributed by atoms with Crippen molar-refractivity contribution >= 4 is 0 Å². The van der Waals surface area contributed by atoms with Crippen LogP contribution in [0.15, 0.2) is 12.3 Å². The highest BCUT2D eigenvalue weighted by atomic mass is 16.5. The van der Waals surface area contributed by atoms with Crippen molar-refractivity contribution in [1.29, 1.82) is 0 Å². The van der Waals surface area contributed by atoms with Crippen molar-refractivity contribution in [2.45, 2.75) is 63.2 Å². The maximum atomic E-state index is 10.1. The molecule has 3 rings (SSSR count). The Hall–Kier alpha value is -0.870. The van der Waals surface area contributed by atoms with Gasteiger partial charge in [0.25, 0.3) is 0 Å². The van der Waals surface area contributed by atoms with Gasteiger partial charge in [-0.2, -0.15) is 5.10 Å². The summed E-state index contributed by atoms with van der Waals surface area (Å²) in [5.74, 6) is 0. The second-order valence-corrected chi connectivity index (χ2v) is 5.55. The first-order valence-corrected chi connectivity index (χ1v) is 7.16. The molecule has 1 aliphatic carbocycles. The predicted molar refractivity (Wildman–Crippen MR) is 68.4 cm³/mol. The van der Waals surface area contributed by atoms with E-state index in [0.29, 0.717) is 12.5 Å². The van der Waals surface area contributed by atoms with Crippen LogP contribution in [0, 0.1) is 0 Å². The number of aliphatic hydroxyl groups excluding tert-OH is 1. The highest BCUT2D eigenvalue weighted by molar-refractivity contribution is 5.02. The van der Waals surface area contributed by atoms with E-state index in [0.717, 1.165) is 25.1 Å². The van der Waals surface area contributed by atoms with E-state index in [-0.39, 0.29) is 6.10 Å². The van der Waals surface area contributed by atoms with Crippen molar-refractivity contribution in [3.8, 4) is 0 Å². The lowest BCUT2D eigenvalue weighted by Gasteiger charge is -2.16. The number of rotatable bonds is 4. The predicted octanol–water partition coefficient (Wildman–Crippen LogP) is 2.08. The quantitative estimate of drug-likeness (QED) is 0.890. The molecule has 2 fully saturated rings. The second-order valence-electron chi connectivity index (χ2n) is 5.55. The van der Waals surface area contributed by atoms with Crippen LogP contribution < -0.4 is 0 Å². The highest BCUT2D eigenvalue weighted by Crippen LogP contribution is 2.29. The highest BCUT2D eigenvalue weighted by Gasteiger charge is 2.25. The molecule has 2 atom stereocenters. The van der Waals surface area contributed by atoms with Crippen molar-refractivity contribution in [1.82, 2.24) is 9.78 Å². The van der Waals surface area contributed by atoms with Gasteiger partial charge in [-0.3, -0.25) is 4.68 Å². The van der Waals surface area contributed by atoms with E-state index >= 15 is 0 Å². The third-order valence-electron chi connectivity index (χ3n) is 4.17. The zero-order chi connectivity index (χ0) is 12.4. The van der Waals surface area contributed by atoms with Crippen molar-refractivity contribution in [3.05, 3.63) is 18.0 Å². The van der Waals surface area contributed by atoms with Gasteiger partial charge < -0.3 is 9.84 Å². The maximum absolute atomic E-state index is 10.1. The third kappa shape index (κ3) is 2.59. The van der Waals surface area contributed by atoms with E-state index in [1.54, 1.807) is 0 Å². The Kier molecular flexibility index (Phi) is 3.66. The first kappa shape index (κ1) is 12.2. The molecule has 1 aromatic rings. The normalized spacial score (nSPS) is 26.8. The van der Waals surface area contributed by atoms with Crippen molar-refractivity contribution < 1.29 is 9.84 Å². The van der Waals surface area contributed by atoms with Gasteiger partial charge in [-0.25, -0.2) is 0 Å². The Labute approximate surface area is 108 Å². The van der Waals surface area contributed by atoms with Crippen LogP contribution in [-0.2, 0) is 11.2 Å². The number of aromatic nitrogens is 2. The number of nitrogens with zero attached hydrogens (tertiary/aromatic N) is 2. The van der Waals surface area contributed by atoms with Crippen LogP contribution in [0.1, 0.15) is 50.3 Å². The Morgan fingerprint density at radius 1 is 1.33 bits per heavy atom. The molecule has 4 heteroatoms. The summed E-state index contributed by atoms with van der Waals surface area (Å²) in [6, 6.07) is 2.62. The summed E-state index contributed by atoms with van der Waals surface area (Å²) in [7, 11) is 0. The molecule has 0 spiro atoms. The summed E-state index contributed by atoms with van der Waals surface area (Å²) in [6.07, 6.45) is 9.46. The average Bonchev–Trinajstić information content (AvgIpc) is 3.12. The average molecular weight is 250 g/mol. The number of hydrogen-bond acceptors (Lipinski definition) is 3. The van der Waals surface area contributed by atoms with E-state index in [9.17, 15) is 5.11 Å². The summed E-state index contributed by atoms with van der Waals surface area (Å²) in [5, 5.41) is 14.7. The summed E-state index contributed by atoms with van der Waals surface area (Å²) < 4.78 is 7.60. The molecular weight excluding hydrogens is 228 g/mol. The van der Waals surface area contributed by atoms with Gasteiger partial charge in [0, 0.05) is 19.2 Å². The SMILES string of the molecule is OC(Cc1ccn(C2CCCC2)n1)C1CCCO1. The first-order chi connectivity index (χ1) is 8.83. The van der Waals surface area contributed by atoms with E-state index in [1.807, 2.05) is 6.07 Å². The van der Waals surface area contributed by atoms with E-state index < -0.39 is 6.10 Å². The molecule has 2 unspecified atom stereocenters. The Morgan fingerprint density at radius 2 is 2.17 bits per heavy atom. The molecule has 0 radical (unpaired) electrons. The smallest absolute Gasteiger partial charge is 0.0857 e. The summed E-state index contributed by atoms with van der Waals surface area (Å²) in [4.78, 5) is 0. The molecule has 100 valence electrons. The van der Waals surface area contributed by atoms with E-state index in [1.165, 1.54) is 25.7 Å². The topological polar surface area (TPSA) is 47.3 Å². The van der Waals surface area contributed by atoms with Crippen molar-refractivity contribution in [3.63, 3.8) is 0 Å². The van der Waals surface area contributed by atoms with Crippen LogP contribution in [0.2, 0.25) is 0 Å². The third-order valence-corrected chi connectivity index (χ3v) is 4.17. The van der Waals surface area contributed by atoms with Gasteiger partial charge in [-0.05, 0) is 31.7 Å². The van der Waals surface area contributed by atoms with Gasteiger partial charge in [0.15, 0.2) is 0 Å². The molecule has 18 heavy (non-hydrogen) atoms. The largest absolute Gasteiger partial charge is 0.390 e. The number of aliphatic hydroxyl groups is 1. The molecule has 1 N–H and O–H groups in total. The van der Waals surface area contributed by atoms with Gasteiger partial charge in [0.1, 0.15) is 0 Å². The van der Waals surface area contributed by atoms with Crippen LogP contribution in [0.25, 0.3) is 0 Å². The molecule has 1 aromatic heterocycles. The minimum atomic E-state index is -0.403. The first-order valence-electron chi connectivity index (χ1n) is 7.16. The monoisotopic (exact) mass is 250 g/mol. The van der Waals surface area contributed by atoms with Gasteiger partial charge >= 0.3 is 0 Å². The lowest BCUT2D eigenvalue weighted by molar-refractivity contribution is -0.00129. The van der Waals surface area contributed by atoms with Gasteiger partial charge in [-0.1, -0.05) is 12.8 Å². The standard InChI is InChI=1S/C14H22N2O2/c17-13(14-6-3-9-18-14)10-11-7-8-16(15-11)12-4-1-2-5-12/h7-8,12-14,17H,1-6,9-10H2. The molecular formula is C14H22N2O2. The fraction of sp³-hybridized carbons (Fsp3) is 0.786. The fourth-order valence-electron chi connectivity index (χ4n) is 3.11. The Morgan fingerprint density at radius 3 is 2.89 bits per heavy atom. The van der Waals surface area contributed by atoms with Crippen LogP contribution >= 0.6 is 0 Å². The number of hydrogen-bond donors (Lipinski definition) is 1. The van der Waals surface area contributed by atoms with Gasteiger partial charge in [0.2, 0.25) is 0 Å².